The summed E-state index contributed by atoms with van der Waals surface area (Å²) in [6.07, 6.45) is -4.82. The number of hydrogen-bond acceptors (Lipinski definition) is 4. The van der Waals surface area contributed by atoms with Gasteiger partial charge in [0.1, 0.15) is 11.3 Å². The SMILES string of the molecule is NOc1ccc([N+](=O)[O-])c(C(F)(F)F)c1. The van der Waals surface area contributed by atoms with Gasteiger partial charge in [0.25, 0.3) is 5.69 Å². The fraction of sp³-hybridized carbons (Fsp3) is 0.143. The molecule has 0 aromatic heterocycles. The topological polar surface area (TPSA) is 78.4 Å². The van der Waals surface area contributed by atoms with E-state index in [0.717, 1.165) is 6.07 Å². The second-order valence-corrected chi connectivity index (χ2v) is 2.55. The highest BCUT2D eigenvalue weighted by Crippen LogP contribution is 2.37. The monoisotopic (exact) mass is 222 g/mol. The maximum Gasteiger partial charge on any atom is 0.423 e. The van der Waals surface area contributed by atoms with Crippen molar-refractivity contribution in [1.29, 1.82) is 0 Å². The summed E-state index contributed by atoms with van der Waals surface area (Å²) in [7, 11) is 0. The summed E-state index contributed by atoms with van der Waals surface area (Å²) in [5.41, 5.74) is -2.43. The zero-order valence-electron chi connectivity index (χ0n) is 7.12. The van der Waals surface area contributed by atoms with Gasteiger partial charge < -0.3 is 4.84 Å². The van der Waals surface area contributed by atoms with E-state index in [2.05, 4.69) is 10.7 Å². The number of benzene rings is 1. The Labute approximate surface area is 81.4 Å². The van der Waals surface area contributed by atoms with Gasteiger partial charge in [0, 0.05) is 12.1 Å². The largest absolute Gasteiger partial charge is 0.423 e. The molecule has 0 bridgehead atoms. The first kappa shape index (κ1) is 11.2. The number of nitro groups is 1. The molecule has 1 aromatic carbocycles. The van der Waals surface area contributed by atoms with Gasteiger partial charge in [0.05, 0.1) is 4.92 Å². The van der Waals surface area contributed by atoms with E-state index in [4.69, 9.17) is 0 Å². The molecule has 0 saturated carbocycles. The standard InChI is InChI=1S/C7H5F3N2O3/c8-7(9,10)5-3-4(15-11)1-2-6(5)12(13)14/h1-3H,11H2. The molecule has 0 radical (unpaired) electrons. The Morgan fingerprint density at radius 2 is 2.00 bits per heavy atom. The van der Waals surface area contributed by atoms with Crippen LogP contribution in [-0.4, -0.2) is 4.92 Å². The van der Waals surface area contributed by atoms with Crippen molar-refractivity contribution in [3.8, 4) is 5.75 Å². The van der Waals surface area contributed by atoms with Crippen molar-refractivity contribution in [1.82, 2.24) is 0 Å². The van der Waals surface area contributed by atoms with Crippen molar-refractivity contribution in [3.05, 3.63) is 33.9 Å². The van der Waals surface area contributed by atoms with Crippen LogP contribution < -0.4 is 10.7 Å². The normalized spacial score (nSPS) is 11.2. The minimum Gasteiger partial charge on any atom is -0.412 e. The Morgan fingerprint density at radius 1 is 1.40 bits per heavy atom. The molecule has 0 aliphatic heterocycles. The van der Waals surface area contributed by atoms with Gasteiger partial charge in [-0.2, -0.15) is 19.1 Å². The minimum absolute atomic E-state index is 0.298. The van der Waals surface area contributed by atoms with Crippen molar-refractivity contribution in [2.24, 2.45) is 5.90 Å². The third-order valence-electron chi connectivity index (χ3n) is 1.61. The van der Waals surface area contributed by atoms with E-state index >= 15 is 0 Å². The lowest BCUT2D eigenvalue weighted by molar-refractivity contribution is -0.388. The number of nitrogens with two attached hydrogens (primary N) is 1. The van der Waals surface area contributed by atoms with E-state index in [1.807, 2.05) is 0 Å². The van der Waals surface area contributed by atoms with E-state index in [0.29, 0.717) is 12.1 Å². The maximum absolute atomic E-state index is 12.3. The van der Waals surface area contributed by atoms with Crippen molar-refractivity contribution >= 4 is 5.69 Å². The summed E-state index contributed by atoms with van der Waals surface area (Å²) >= 11 is 0. The van der Waals surface area contributed by atoms with E-state index in [1.165, 1.54) is 0 Å². The van der Waals surface area contributed by atoms with E-state index in [-0.39, 0.29) is 5.75 Å². The lowest BCUT2D eigenvalue weighted by Crippen LogP contribution is -2.10. The lowest BCUT2D eigenvalue weighted by Gasteiger charge is -2.08. The molecule has 0 unspecified atom stereocenters. The molecule has 1 rings (SSSR count). The number of hydrogen-bond donors (Lipinski definition) is 1. The lowest BCUT2D eigenvalue weighted by atomic mass is 10.1. The predicted molar refractivity (Wildman–Crippen MR) is 42.9 cm³/mol. The van der Waals surface area contributed by atoms with E-state index in [1.54, 1.807) is 0 Å². The molecule has 0 fully saturated rings. The molecule has 0 aliphatic carbocycles. The first-order chi connectivity index (χ1) is 6.86. The third-order valence-corrected chi connectivity index (χ3v) is 1.61. The summed E-state index contributed by atoms with van der Waals surface area (Å²) in [5, 5.41) is 10.3. The average molecular weight is 222 g/mol. The number of rotatable bonds is 2. The summed E-state index contributed by atoms with van der Waals surface area (Å²) in [4.78, 5) is 13.2. The van der Waals surface area contributed by atoms with Gasteiger partial charge in [-0.1, -0.05) is 0 Å². The number of halogens is 3. The van der Waals surface area contributed by atoms with Crippen LogP contribution in [0.2, 0.25) is 0 Å². The molecule has 0 heterocycles. The van der Waals surface area contributed by atoms with E-state index < -0.39 is 22.4 Å². The molecule has 0 aliphatic rings. The van der Waals surface area contributed by atoms with Crippen LogP contribution in [0.1, 0.15) is 5.56 Å². The second kappa shape index (κ2) is 3.73. The van der Waals surface area contributed by atoms with Crippen molar-refractivity contribution in [2.75, 3.05) is 0 Å². The predicted octanol–water partition coefficient (Wildman–Crippen LogP) is 1.87. The van der Waals surface area contributed by atoms with Gasteiger partial charge in [-0.3, -0.25) is 10.1 Å². The van der Waals surface area contributed by atoms with Gasteiger partial charge in [0.15, 0.2) is 0 Å². The fourth-order valence-corrected chi connectivity index (χ4v) is 0.975. The van der Waals surface area contributed by atoms with Crippen molar-refractivity contribution < 1.29 is 22.9 Å². The molecular formula is C7H5F3N2O3. The first-order valence-corrected chi connectivity index (χ1v) is 3.58. The number of nitro benzene ring substituents is 1. The molecule has 15 heavy (non-hydrogen) atoms. The zero-order valence-corrected chi connectivity index (χ0v) is 7.12. The Morgan fingerprint density at radius 3 is 2.40 bits per heavy atom. The summed E-state index contributed by atoms with van der Waals surface area (Å²) in [6, 6.07) is 2.14. The third kappa shape index (κ3) is 2.34. The Kier molecular flexibility index (Phi) is 2.80. The smallest absolute Gasteiger partial charge is 0.412 e. The number of alkyl halides is 3. The van der Waals surface area contributed by atoms with E-state index in [9.17, 15) is 23.3 Å². The summed E-state index contributed by atoms with van der Waals surface area (Å²) < 4.78 is 37.0. The zero-order chi connectivity index (χ0) is 11.6. The highest BCUT2D eigenvalue weighted by atomic mass is 19.4. The van der Waals surface area contributed by atoms with Gasteiger partial charge >= 0.3 is 6.18 Å². The summed E-state index contributed by atoms with van der Waals surface area (Å²) in [6.45, 7) is 0. The number of nitrogens with zero attached hydrogens (tertiary/aromatic N) is 1. The van der Waals surface area contributed by atoms with Gasteiger partial charge in [-0.25, -0.2) is 0 Å². The quantitative estimate of drug-likeness (QED) is 0.611. The van der Waals surface area contributed by atoms with Crippen LogP contribution in [0.3, 0.4) is 0 Å². The van der Waals surface area contributed by atoms with Crippen LogP contribution in [0.15, 0.2) is 18.2 Å². The average Bonchev–Trinajstić information content (AvgIpc) is 2.15. The molecule has 0 spiro atoms. The Bertz CT molecular complexity index is 392. The second-order valence-electron chi connectivity index (χ2n) is 2.55. The maximum atomic E-state index is 12.3. The molecule has 1 aromatic rings. The Hall–Kier alpha value is -1.83. The van der Waals surface area contributed by atoms with Gasteiger partial charge in [-0.05, 0) is 6.07 Å². The highest BCUT2D eigenvalue weighted by Gasteiger charge is 2.38. The van der Waals surface area contributed by atoms with Crippen LogP contribution in [0.25, 0.3) is 0 Å². The molecule has 0 amide bonds. The molecule has 5 nitrogen and oxygen atoms in total. The molecular weight excluding hydrogens is 217 g/mol. The molecule has 8 heteroatoms. The van der Waals surface area contributed by atoms with Crippen LogP contribution in [0.5, 0.6) is 5.75 Å². The van der Waals surface area contributed by atoms with Gasteiger partial charge in [-0.15, -0.1) is 0 Å². The first-order valence-electron chi connectivity index (χ1n) is 3.58. The molecule has 0 saturated heterocycles. The van der Waals surface area contributed by atoms with Gasteiger partial charge in [0.2, 0.25) is 0 Å². The highest BCUT2D eigenvalue weighted by molar-refractivity contribution is 5.46. The van der Waals surface area contributed by atoms with Crippen LogP contribution in [0, 0.1) is 10.1 Å². The Balaban J connectivity index is 3.36. The van der Waals surface area contributed by atoms with Crippen molar-refractivity contribution in [2.45, 2.75) is 6.18 Å². The van der Waals surface area contributed by atoms with Crippen LogP contribution >= 0.6 is 0 Å². The molecule has 2 N–H and O–H groups in total. The summed E-state index contributed by atoms with van der Waals surface area (Å²) in [5.74, 6) is 4.35. The fourth-order valence-electron chi connectivity index (χ4n) is 0.975. The van der Waals surface area contributed by atoms with Crippen LogP contribution in [0.4, 0.5) is 18.9 Å². The van der Waals surface area contributed by atoms with Crippen LogP contribution in [-0.2, 0) is 6.18 Å². The van der Waals surface area contributed by atoms with Crippen molar-refractivity contribution in [3.63, 3.8) is 0 Å². The minimum atomic E-state index is -4.82. The molecule has 0 atom stereocenters. The molecule has 82 valence electrons.